The highest BCUT2D eigenvalue weighted by Gasteiger charge is 2.29. The molecule has 0 saturated carbocycles. The third kappa shape index (κ3) is 3.59. The third-order valence-corrected chi connectivity index (χ3v) is 2.57. The maximum absolute atomic E-state index is 12.4. The Morgan fingerprint density at radius 1 is 1.15 bits per heavy atom. The van der Waals surface area contributed by atoms with Gasteiger partial charge in [-0.25, -0.2) is 4.98 Å². The number of rotatable bonds is 4. The molecule has 0 spiro atoms. The molecular formula is C13H12F3N3O. The minimum atomic E-state index is -4.32. The summed E-state index contributed by atoms with van der Waals surface area (Å²) in [5.41, 5.74) is 0.0308. The van der Waals surface area contributed by atoms with Gasteiger partial charge >= 0.3 is 6.18 Å². The van der Waals surface area contributed by atoms with Gasteiger partial charge in [0, 0.05) is 18.8 Å². The molecule has 0 aliphatic rings. The maximum atomic E-state index is 12.4. The molecule has 106 valence electrons. The molecule has 1 aromatic heterocycles. The highest BCUT2D eigenvalue weighted by Crippen LogP contribution is 2.29. The first kappa shape index (κ1) is 14.1. The van der Waals surface area contributed by atoms with Crippen LogP contribution in [0.4, 0.5) is 19.1 Å². The second-order valence-corrected chi connectivity index (χ2v) is 3.97. The lowest BCUT2D eigenvalue weighted by Gasteiger charge is -2.08. The summed E-state index contributed by atoms with van der Waals surface area (Å²) in [6, 6.07) is 6.52. The van der Waals surface area contributed by atoms with E-state index in [9.17, 15) is 13.2 Å². The van der Waals surface area contributed by atoms with Gasteiger partial charge in [0.2, 0.25) is 11.8 Å². The van der Waals surface area contributed by atoms with E-state index in [0.717, 1.165) is 12.1 Å². The van der Waals surface area contributed by atoms with Crippen molar-refractivity contribution in [3.63, 3.8) is 0 Å². The summed E-state index contributed by atoms with van der Waals surface area (Å²) >= 11 is 0. The largest absolute Gasteiger partial charge is 0.481 e. The molecular weight excluding hydrogens is 271 g/mol. The Hall–Kier alpha value is -2.31. The van der Waals surface area contributed by atoms with E-state index in [1.54, 1.807) is 6.07 Å². The van der Waals surface area contributed by atoms with Crippen molar-refractivity contribution in [2.24, 2.45) is 0 Å². The number of nitrogens with zero attached hydrogens (tertiary/aromatic N) is 2. The molecule has 20 heavy (non-hydrogen) atoms. The van der Waals surface area contributed by atoms with Gasteiger partial charge < -0.3 is 10.1 Å². The zero-order valence-electron chi connectivity index (χ0n) is 10.6. The Kier molecular flexibility index (Phi) is 4.07. The molecule has 0 bridgehead atoms. The molecule has 0 fully saturated rings. The quantitative estimate of drug-likeness (QED) is 0.936. The normalized spacial score (nSPS) is 11.2. The van der Waals surface area contributed by atoms with Crippen LogP contribution in [0.25, 0.3) is 0 Å². The summed E-state index contributed by atoms with van der Waals surface area (Å²) in [7, 11) is 1.49. The fraction of sp³-hybridized carbons (Fsp3) is 0.231. The van der Waals surface area contributed by atoms with Gasteiger partial charge in [-0.1, -0.05) is 12.1 Å². The third-order valence-electron chi connectivity index (χ3n) is 2.57. The zero-order valence-corrected chi connectivity index (χ0v) is 10.6. The van der Waals surface area contributed by atoms with E-state index in [-0.39, 0.29) is 0 Å². The van der Waals surface area contributed by atoms with Gasteiger partial charge in [-0.2, -0.15) is 18.2 Å². The van der Waals surface area contributed by atoms with Crippen LogP contribution in [-0.4, -0.2) is 17.1 Å². The smallest absolute Gasteiger partial charge is 0.416 e. The first-order valence-electron chi connectivity index (χ1n) is 5.76. The first-order chi connectivity index (χ1) is 9.49. The Morgan fingerprint density at radius 2 is 1.85 bits per heavy atom. The number of aromatic nitrogens is 2. The topological polar surface area (TPSA) is 47.0 Å². The molecule has 4 nitrogen and oxygen atoms in total. The van der Waals surface area contributed by atoms with E-state index in [1.807, 2.05) is 0 Å². The number of nitrogens with one attached hydrogen (secondary N) is 1. The van der Waals surface area contributed by atoms with Crippen molar-refractivity contribution in [2.45, 2.75) is 12.7 Å². The summed E-state index contributed by atoms with van der Waals surface area (Å²) in [4.78, 5) is 8.02. The van der Waals surface area contributed by atoms with Gasteiger partial charge in [-0.3, -0.25) is 0 Å². The van der Waals surface area contributed by atoms with E-state index < -0.39 is 11.7 Å². The van der Waals surface area contributed by atoms with E-state index in [0.29, 0.717) is 23.9 Å². The van der Waals surface area contributed by atoms with Crippen LogP contribution in [0, 0.1) is 0 Å². The second-order valence-electron chi connectivity index (χ2n) is 3.97. The van der Waals surface area contributed by atoms with Gasteiger partial charge in [0.15, 0.2) is 0 Å². The summed E-state index contributed by atoms with van der Waals surface area (Å²) in [6.45, 7) is 0.325. The van der Waals surface area contributed by atoms with Crippen LogP contribution in [0.5, 0.6) is 5.88 Å². The molecule has 0 amide bonds. The first-order valence-corrected chi connectivity index (χ1v) is 5.76. The predicted molar refractivity (Wildman–Crippen MR) is 67.4 cm³/mol. The fourth-order valence-corrected chi connectivity index (χ4v) is 1.53. The highest BCUT2D eigenvalue weighted by molar-refractivity contribution is 5.31. The summed E-state index contributed by atoms with van der Waals surface area (Å²) < 4.78 is 42.2. The molecule has 2 rings (SSSR count). The molecule has 0 radical (unpaired) electrons. The summed E-state index contributed by atoms with van der Waals surface area (Å²) in [5, 5.41) is 2.91. The molecule has 2 aromatic rings. The summed E-state index contributed by atoms with van der Waals surface area (Å²) in [6.07, 6.45) is -2.79. The number of hydrogen-bond acceptors (Lipinski definition) is 4. The van der Waals surface area contributed by atoms with Crippen molar-refractivity contribution in [3.05, 3.63) is 47.7 Å². The number of anilines is 1. The van der Waals surface area contributed by atoms with Gasteiger partial charge in [0.05, 0.1) is 12.7 Å². The second kappa shape index (κ2) is 5.77. The van der Waals surface area contributed by atoms with Gasteiger partial charge in [0.25, 0.3) is 0 Å². The average Bonchev–Trinajstić information content (AvgIpc) is 2.45. The molecule has 1 heterocycles. The lowest BCUT2D eigenvalue weighted by Crippen LogP contribution is -2.06. The number of halogens is 3. The minimum Gasteiger partial charge on any atom is -0.481 e. The average molecular weight is 283 g/mol. The van der Waals surface area contributed by atoms with Crippen LogP contribution < -0.4 is 10.1 Å². The molecule has 0 unspecified atom stereocenters. The molecule has 7 heteroatoms. The van der Waals surface area contributed by atoms with Crippen molar-refractivity contribution in [2.75, 3.05) is 12.4 Å². The monoisotopic (exact) mass is 283 g/mol. The summed E-state index contributed by atoms with van der Waals surface area (Å²) in [5.74, 6) is 0.763. The molecule has 0 aliphatic carbocycles. The van der Waals surface area contributed by atoms with Crippen molar-refractivity contribution < 1.29 is 17.9 Å². The van der Waals surface area contributed by atoms with Crippen LogP contribution in [0.3, 0.4) is 0 Å². The van der Waals surface area contributed by atoms with Crippen molar-refractivity contribution in [1.29, 1.82) is 0 Å². The fourth-order valence-electron chi connectivity index (χ4n) is 1.53. The van der Waals surface area contributed by atoms with Crippen molar-refractivity contribution in [3.8, 4) is 5.88 Å². The lowest BCUT2D eigenvalue weighted by atomic mass is 10.1. The predicted octanol–water partition coefficient (Wildman–Crippen LogP) is 3.12. The maximum Gasteiger partial charge on any atom is 0.416 e. The van der Waals surface area contributed by atoms with Crippen LogP contribution in [-0.2, 0) is 12.7 Å². The molecule has 0 atom stereocenters. The number of alkyl halides is 3. The van der Waals surface area contributed by atoms with Crippen LogP contribution in [0.2, 0.25) is 0 Å². The van der Waals surface area contributed by atoms with Crippen LogP contribution >= 0.6 is 0 Å². The van der Waals surface area contributed by atoms with Crippen molar-refractivity contribution in [1.82, 2.24) is 9.97 Å². The number of benzene rings is 1. The van der Waals surface area contributed by atoms with Crippen LogP contribution in [0.1, 0.15) is 11.1 Å². The lowest BCUT2D eigenvalue weighted by molar-refractivity contribution is -0.137. The van der Waals surface area contributed by atoms with E-state index in [1.165, 1.54) is 25.4 Å². The number of methoxy groups -OCH3 is 1. The zero-order chi connectivity index (χ0) is 14.6. The molecule has 0 saturated heterocycles. The molecule has 1 N–H and O–H groups in total. The Bertz CT molecular complexity index is 570. The van der Waals surface area contributed by atoms with Crippen LogP contribution in [0.15, 0.2) is 36.5 Å². The van der Waals surface area contributed by atoms with Gasteiger partial charge in [0.1, 0.15) is 0 Å². The number of hydrogen-bond donors (Lipinski definition) is 1. The minimum absolute atomic E-state index is 0.325. The number of ether oxygens (including phenoxy) is 1. The molecule has 1 aromatic carbocycles. The standard InChI is InChI=1S/C13H12F3N3O/c1-20-11-6-7-17-12(19-11)18-8-9-2-4-10(5-3-9)13(14,15)16/h2-7H,8H2,1H3,(H,17,18,19). The van der Waals surface area contributed by atoms with Gasteiger partial charge in [-0.15, -0.1) is 0 Å². The Morgan fingerprint density at radius 3 is 2.45 bits per heavy atom. The molecule has 0 aliphatic heterocycles. The van der Waals surface area contributed by atoms with Crippen molar-refractivity contribution >= 4 is 5.95 Å². The Labute approximate surface area is 113 Å². The van der Waals surface area contributed by atoms with Gasteiger partial charge in [-0.05, 0) is 17.7 Å². The Balaban J connectivity index is 2.00. The highest BCUT2D eigenvalue weighted by atomic mass is 19.4. The van der Waals surface area contributed by atoms with E-state index in [2.05, 4.69) is 15.3 Å². The SMILES string of the molecule is COc1ccnc(NCc2ccc(C(F)(F)F)cc2)n1. The van der Waals surface area contributed by atoms with E-state index in [4.69, 9.17) is 4.74 Å². The van der Waals surface area contributed by atoms with E-state index >= 15 is 0 Å².